The van der Waals surface area contributed by atoms with Crippen LogP contribution in [0.1, 0.15) is 34.8 Å². The van der Waals surface area contributed by atoms with Crippen LogP contribution in [-0.4, -0.2) is 18.7 Å². The minimum atomic E-state index is -0.535. The van der Waals surface area contributed by atoms with Gasteiger partial charge in [-0.2, -0.15) is 0 Å². The highest BCUT2D eigenvalue weighted by atomic mass is 16.3. The highest BCUT2D eigenvalue weighted by Gasteiger charge is 2.17. The molecule has 0 saturated heterocycles. The predicted octanol–water partition coefficient (Wildman–Crippen LogP) is 3.46. The molecule has 1 aliphatic rings. The van der Waals surface area contributed by atoms with Crippen molar-refractivity contribution in [2.24, 2.45) is 0 Å². The maximum Gasteiger partial charge on any atom is 0.104 e. The van der Waals surface area contributed by atoms with E-state index in [0.717, 1.165) is 24.1 Å². The summed E-state index contributed by atoms with van der Waals surface area (Å²) in [6.07, 6.45) is 1.76. The molecule has 2 aromatic rings. The third-order valence-corrected chi connectivity index (χ3v) is 4.13. The number of benzene rings is 2. The molecular formula is C18H21NO. The van der Waals surface area contributed by atoms with E-state index in [9.17, 15) is 5.11 Å². The lowest BCUT2D eigenvalue weighted by Crippen LogP contribution is -2.24. The van der Waals surface area contributed by atoms with E-state index in [4.69, 9.17) is 0 Å². The van der Waals surface area contributed by atoms with Gasteiger partial charge in [-0.05, 0) is 42.5 Å². The number of hydrogen-bond acceptors (Lipinski definition) is 2. The van der Waals surface area contributed by atoms with Gasteiger partial charge in [0.15, 0.2) is 0 Å². The van der Waals surface area contributed by atoms with Crippen LogP contribution in [0.5, 0.6) is 0 Å². The molecule has 1 aliphatic heterocycles. The maximum absolute atomic E-state index is 10.6. The number of aliphatic hydroxyl groups excluding tert-OH is 1. The molecule has 0 spiro atoms. The smallest absolute Gasteiger partial charge is 0.104 e. The van der Waals surface area contributed by atoms with Crippen LogP contribution in [0.25, 0.3) is 0 Å². The highest BCUT2D eigenvalue weighted by molar-refractivity contribution is 5.57. The highest BCUT2D eigenvalue weighted by Crippen LogP contribution is 2.31. The zero-order chi connectivity index (χ0) is 14.1. The first-order chi connectivity index (χ1) is 9.65. The van der Waals surface area contributed by atoms with E-state index in [1.54, 1.807) is 0 Å². The van der Waals surface area contributed by atoms with Gasteiger partial charge in [0.1, 0.15) is 6.10 Å². The summed E-state index contributed by atoms with van der Waals surface area (Å²) in [5.74, 6) is 0. The molecule has 1 unspecified atom stereocenters. The Morgan fingerprint density at radius 1 is 1.10 bits per heavy atom. The molecule has 0 amide bonds. The first kappa shape index (κ1) is 13.2. The van der Waals surface area contributed by atoms with E-state index in [-0.39, 0.29) is 0 Å². The molecule has 1 atom stereocenters. The van der Waals surface area contributed by atoms with E-state index < -0.39 is 6.10 Å². The average Bonchev–Trinajstić information content (AvgIpc) is 2.46. The van der Waals surface area contributed by atoms with E-state index in [1.165, 1.54) is 23.2 Å². The summed E-state index contributed by atoms with van der Waals surface area (Å²) in [6, 6.07) is 14.5. The molecule has 3 rings (SSSR count). The van der Waals surface area contributed by atoms with Crippen LogP contribution in [-0.2, 0) is 6.42 Å². The lowest BCUT2D eigenvalue weighted by Gasteiger charge is -2.28. The topological polar surface area (TPSA) is 23.5 Å². The van der Waals surface area contributed by atoms with Crippen LogP contribution in [0.2, 0.25) is 0 Å². The number of hydrogen-bond donors (Lipinski definition) is 1. The van der Waals surface area contributed by atoms with Gasteiger partial charge in [0.2, 0.25) is 0 Å². The Morgan fingerprint density at radius 2 is 1.90 bits per heavy atom. The van der Waals surface area contributed by atoms with Gasteiger partial charge in [0.05, 0.1) is 0 Å². The van der Waals surface area contributed by atoms with Crippen LogP contribution in [0.3, 0.4) is 0 Å². The van der Waals surface area contributed by atoms with Gasteiger partial charge in [0.25, 0.3) is 0 Å². The third kappa shape index (κ3) is 2.44. The van der Waals surface area contributed by atoms with Crippen LogP contribution >= 0.6 is 0 Å². The molecule has 2 heteroatoms. The third-order valence-electron chi connectivity index (χ3n) is 4.13. The number of fused-ring (bicyclic) bond motifs is 1. The Labute approximate surface area is 120 Å². The molecule has 1 heterocycles. The minimum Gasteiger partial charge on any atom is -0.384 e. The number of rotatable bonds is 2. The summed E-state index contributed by atoms with van der Waals surface area (Å²) in [4.78, 5) is 2.29. The van der Waals surface area contributed by atoms with Crippen molar-refractivity contribution >= 4 is 5.69 Å². The van der Waals surface area contributed by atoms with Crippen molar-refractivity contribution < 1.29 is 5.11 Å². The standard InChI is InChI=1S/C18H21NO/c1-13-5-3-6-15(11-13)18(20)16-8-9-17-14(12-16)7-4-10-19(17)2/h3,5-6,8-9,11-12,18,20H,4,7,10H2,1-2H3. The van der Waals surface area contributed by atoms with Crippen LogP contribution in [0, 0.1) is 6.92 Å². The summed E-state index contributed by atoms with van der Waals surface area (Å²) in [5.41, 5.74) is 5.79. The molecule has 2 nitrogen and oxygen atoms in total. The first-order valence-corrected chi connectivity index (χ1v) is 7.24. The largest absolute Gasteiger partial charge is 0.384 e. The van der Waals surface area contributed by atoms with Gasteiger partial charge in [-0.25, -0.2) is 0 Å². The number of anilines is 1. The zero-order valence-corrected chi connectivity index (χ0v) is 12.1. The summed E-state index contributed by atoms with van der Waals surface area (Å²) < 4.78 is 0. The lowest BCUT2D eigenvalue weighted by molar-refractivity contribution is 0.220. The van der Waals surface area contributed by atoms with E-state index in [0.29, 0.717) is 0 Å². The Hall–Kier alpha value is -1.80. The second-order valence-corrected chi connectivity index (χ2v) is 5.73. The van der Waals surface area contributed by atoms with Crippen LogP contribution in [0.4, 0.5) is 5.69 Å². The molecule has 0 radical (unpaired) electrons. The monoisotopic (exact) mass is 267 g/mol. The second kappa shape index (κ2) is 5.29. The summed E-state index contributed by atoms with van der Waals surface area (Å²) >= 11 is 0. The molecule has 0 saturated carbocycles. The van der Waals surface area contributed by atoms with Gasteiger partial charge in [0, 0.05) is 19.3 Å². The molecule has 0 aliphatic carbocycles. The van der Waals surface area contributed by atoms with Crippen molar-refractivity contribution in [1.29, 1.82) is 0 Å². The number of aryl methyl sites for hydroxylation is 2. The maximum atomic E-state index is 10.6. The summed E-state index contributed by atoms with van der Waals surface area (Å²) in [5, 5.41) is 10.6. The van der Waals surface area contributed by atoms with Crippen molar-refractivity contribution in [2.75, 3.05) is 18.5 Å². The van der Waals surface area contributed by atoms with Crippen molar-refractivity contribution in [2.45, 2.75) is 25.9 Å². The fourth-order valence-electron chi connectivity index (χ4n) is 3.01. The second-order valence-electron chi connectivity index (χ2n) is 5.73. The molecule has 0 aromatic heterocycles. The first-order valence-electron chi connectivity index (χ1n) is 7.24. The SMILES string of the molecule is Cc1cccc(C(O)c2ccc3c(c2)CCCN3C)c1. The lowest BCUT2D eigenvalue weighted by atomic mass is 9.94. The Bertz CT molecular complexity index is 621. The molecule has 20 heavy (non-hydrogen) atoms. The van der Waals surface area contributed by atoms with E-state index in [2.05, 4.69) is 43.1 Å². The molecule has 0 bridgehead atoms. The molecule has 1 N–H and O–H groups in total. The minimum absolute atomic E-state index is 0.535. The molecule has 2 aromatic carbocycles. The molecular weight excluding hydrogens is 246 g/mol. The number of nitrogens with zero attached hydrogens (tertiary/aromatic N) is 1. The van der Waals surface area contributed by atoms with Gasteiger partial charge in [-0.3, -0.25) is 0 Å². The average molecular weight is 267 g/mol. The fourth-order valence-corrected chi connectivity index (χ4v) is 3.01. The van der Waals surface area contributed by atoms with Crippen molar-refractivity contribution in [3.05, 3.63) is 64.7 Å². The summed E-state index contributed by atoms with van der Waals surface area (Å²) in [7, 11) is 2.13. The van der Waals surface area contributed by atoms with E-state index >= 15 is 0 Å². The van der Waals surface area contributed by atoms with Gasteiger partial charge in [-0.1, -0.05) is 42.0 Å². The van der Waals surface area contributed by atoms with Crippen molar-refractivity contribution in [1.82, 2.24) is 0 Å². The number of aliphatic hydroxyl groups is 1. The quantitative estimate of drug-likeness (QED) is 0.900. The van der Waals surface area contributed by atoms with Gasteiger partial charge >= 0.3 is 0 Å². The molecule has 104 valence electrons. The molecule has 0 fully saturated rings. The van der Waals surface area contributed by atoms with Gasteiger partial charge in [-0.15, -0.1) is 0 Å². The van der Waals surface area contributed by atoms with Crippen LogP contribution < -0.4 is 4.90 Å². The van der Waals surface area contributed by atoms with Crippen molar-refractivity contribution in [3.8, 4) is 0 Å². The normalized spacial score (nSPS) is 15.8. The predicted molar refractivity (Wildman–Crippen MR) is 83.3 cm³/mol. The van der Waals surface area contributed by atoms with Crippen molar-refractivity contribution in [3.63, 3.8) is 0 Å². The Balaban J connectivity index is 1.94. The summed E-state index contributed by atoms with van der Waals surface area (Å²) in [6.45, 7) is 3.17. The fraction of sp³-hybridized carbons (Fsp3) is 0.333. The van der Waals surface area contributed by atoms with Crippen LogP contribution in [0.15, 0.2) is 42.5 Å². The van der Waals surface area contributed by atoms with E-state index in [1.807, 2.05) is 18.2 Å². The zero-order valence-electron chi connectivity index (χ0n) is 12.1. The Kier molecular flexibility index (Phi) is 3.49. The van der Waals surface area contributed by atoms with Gasteiger partial charge < -0.3 is 10.0 Å². The Morgan fingerprint density at radius 3 is 2.70 bits per heavy atom.